The maximum atomic E-state index is 14.9. The van der Waals surface area contributed by atoms with Crippen molar-refractivity contribution in [2.75, 3.05) is 13.1 Å². The number of rotatable bonds is 5. The topological polar surface area (TPSA) is 60.4 Å². The van der Waals surface area contributed by atoms with Crippen molar-refractivity contribution >= 4 is 34.3 Å². The molecular formula is C29H26ClF2LiN4O-2. The van der Waals surface area contributed by atoms with Gasteiger partial charge in [-0.3, -0.25) is 9.36 Å². The van der Waals surface area contributed by atoms with Gasteiger partial charge in [-0.15, -0.1) is 18.2 Å². The zero-order chi connectivity index (χ0) is 25.4. The Labute approximate surface area is 238 Å². The monoisotopic (exact) mass is 526 g/mol. The van der Waals surface area contributed by atoms with Crippen molar-refractivity contribution in [3.63, 3.8) is 0 Å². The van der Waals surface area contributed by atoms with E-state index in [1.165, 1.54) is 13.0 Å². The first-order chi connectivity index (χ1) is 17.3. The minimum atomic E-state index is -1.23. The van der Waals surface area contributed by atoms with Gasteiger partial charge in [0, 0.05) is 24.0 Å². The second-order valence-corrected chi connectivity index (χ2v) is 9.37. The number of carbonyl (C=O) groups excluding carboxylic acids is 1. The Morgan fingerprint density at radius 2 is 1.87 bits per heavy atom. The summed E-state index contributed by atoms with van der Waals surface area (Å²) in [5, 5.41) is 10.9. The summed E-state index contributed by atoms with van der Waals surface area (Å²) in [7, 11) is 0. The molecule has 0 unspecified atom stereocenters. The van der Waals surface area contributed by atoms with Gasteiger partial charge < -0.3 is 17.7 Å². The molecule has 1 amide bonds. The van der Waals surface area contributed by atoms with Crippen LogP contribution in [-0.2, 0) is 0 Å². The van der Waals surface area contributed by atoms with Crippen molar-refractivity contribution in [1.82, 2.24) is 14.5 Å². The van der Waals surface area contributed by atoms with Crippen LogP contribution in [0.4, 0.5) is 8.78 Å². The third-order valence-electron chi connectivity index (χ3n) is 6.61. The quantitative estimate of drug-likeness (QED) is 0.224. The molecule has 1 fully saturated rings. The van der Waals surface area contributed by atoms with Crippen LogP contribution in [0.5, 0.6) is 0 Å². The fourth-order valence-electron chi connectivity index (χ4n) is 4.79. The van der Waals surface area contributed by atoms with Crippen molar-refractivity contribution in [3.8, 4) is 0 Å². The van der Waals surface area contributed by atoms with E-state index >= 15 is 0 Å². The third kappa shape index (κ3) is 5.71. The summed E-state index contributed by atoms with van der Waals surface area (Å²) < 4.78 is 31.0. The van der Waals surface area contributed by atoms with Crippen molar-refractivity contribution in [3.05, 3.63) is 113 Å². The number of likely N-dealkylation sites (tertiary alicyclic amines) is 1. The standard InChI is InChI=1S/C28H23ClF2N4O.CH3.Li/c1-17(30)35-25-8-3-2-7-24(25)33-27(35)18-11-13-34(14-12-18)28(36)22-10-9-20(16-23(22)31)26(32)19-5-4-6-21(29)15-19;;/h2-8,10,15-18H,11-14H2,1H3;1H3;/q-2;-1;+1/t17-;;/m0../s1. The minimum absolute atomic E-state index is 0. The normalized spacial score (nSPS) is 14.5. The van der Waals surface area contributed by atoms with E-state index in [4.69, 9.17) is 11.6 Å². The van der Waals surface area contributed by atoms with E-state index < -0.39 is 18.0 Å². The SMILES string of the molecule is C[C@@H](F)n1c(C2CCN(C(=O)c3c[c-]c(C(=[N-])c4cccc(Cl)c4)cc3F)CC2)nc2ccccc21.[CH3-].[Li+]. The molecule has 0 spiro atoms. The summed E-state index contributed by atoms with van der Waals surface area (Å²) >= 11 is 5.97. The summed E-state index contributed by atoms with van der Waals surface area (Å²) in [4.78, 5) is 19.3. The predicted molar refractivity (Wildman–Crippen MR) is 143 cm³/mol. The predicted octanol–water partition coefficient (Wildman–Crippen LogP) is 4.00. The number of hydrogen-bond donors (Lipinski definition) is 0. The van der Waals surface area contributed by atoms with Gasteiger partial charge in [0.05, 0.1) is 16.9 Å². The maximum Gasteiger partial charge on any atom is 1.00 e. The van der Waals surface area contributed by atoms with Crippen LogP contribution < -0.4 is 18.9 Å². The molecule has 0 N–H and O–H groups in total. The first kappa shape index (κ1) is 29.6. The van der Waals surface area contributed by atoms with E-state index in [0.29, 0.717) is 42.3 Å². The van der Waals surface area contributed by atoms with Crippen LogP contribution in [-0.4, -0.2) is 39.2 Å². The third-order valence-corrected chi connectivity index (χ3v) is 6.85. The van der Waals surface area contributed by atoms with Crippen molar-refractivity contribution in [1.29, 1.82) is 0 Å². The molecular weight excluding hydrogens is 501 g/mol. The number of nitrogens with zero attached hydrogens (tertiary/aromatic N) is 4. The second-order valence-electron chi connectivity index (χ2n) is 8.94. The Morgan fingerprint density at radius 1 is 1.16 bits per heavy atom. The van der Waals surface area contributed by atoms with E-state index in [0.717, 1.165) is 17.1 Å². The van der Waals surface area contributed by atoms with E-state index in [2.05, 4.69) is 11.1 Å². The molecule has 0 saturated carbocycles. The summed E-state index contributed by atoms with van der Waals surface area (Å²) in [6.07, 6.45) is -0.0429. The average molecular weight is 527 g/mol. The molecule has 38 heavy (non-hydrogen) atoms. The number of carbonyl (C=O) groups is 1. The number of benzene rings is 3. The minimum Gasteiger partial charge on any atom is -0.855 e. The van der Waals surface area contributed by atoms with Gasteiger partial charge in [-0.05, 0) is 49.6 Å². The molecule has 0 bridgehead atoms. The summed E-state index contributed by atoms with van der Waals surface area (Å²) in [5.41, 5.74) is 1.75. The van der Waals surface area contributed by atoms with Crippen LogP contribution in [0.1, 0.15) is 59.3 Å². The van der Waals surface area contributed by atoms with Crippen LogP contribution in [0.2, 0.25) is 5.02 Å². The van der Waals surface area contributed by atoms with Crippen LogP contribution >= 0.6 is 11.6 Å². The van der Waals surface area contributed by atoms with Gasteiger partial charge >= 0.3 is 18.9 Å². The van der Waals surface area contributed by atoms with Gasteiger partial charge in [-0.2, -0.15) is 5.56 Å². The van der Waals surface area contributed by atoms with Crippen LogP contribution in [0.25, 0.3) is 16.4 Å². The fourth-order valence-corrected chi connectivity index (χ4v) is 4.98. The molecule has 5 nitrogen and oxygen atoms in total. The number of para-hydroxylation sites is 2. The number of imidazole rings is 1. The van der Waals surface area contributed by atoms with Gasteiger partial charge in [-0.25, -0.2) is 19.5 Å². The van der Waals surface area contributed by atoms with Gasteiger partial charge in [0.25, 0.3) is 0 Å². The molecule has 2 heterocycles. The average Bonchev–Trinajstić information content (AvgIpc) is 3.28. The smallest absolute Gasteiger partial charge is 0.855 e. The van der Waals surface area contributed by atoms with Gasteiger partial charge in [0.2, 0.25) is 5.91 Å². The Hall–Kier alpha value is -2.98. The first-order valence-corrected chi connectivity index (χ1v) is 12.1. The van der Waals surface area contributed by atoms with Crippen LogP contribution in [0.3, 0.4) is 0 Å². The Balaban J connectivity index is 0.00000200. The number of aromatic nitrogens is 2. The number of halogens is 3. The molecule has 192 valence electrons. The van der Waals surface area contributed by atoms with Gasteiger partial charge in [0.1, 0.15) is 5.82 Å². The number of piperidine rings is 1. The number of fused-ring (bicyclic) bond motifs is 1. The molecule has 1 aliphatic heterocycles. The molecule has 1 aromatic heterocycles. The largest absolute Gasteiger partial charge is 1.00 e. The van der Waals surface area contributed by atoms with E-state index in [-0.39, 0.29) is 49.0 Å². The van der Waals surface area contributed by atoms with Crippen molar-refractivity contribution in [2.24, 2.45) is 0 Å². The molecule has 4 aromatic rings. The number of alkyl halides is 1. The van der Waals surface area contributed by atoms with E-state index in [1.807, 2.05) is 24.3 Å². The number of amides is 1. The van der Waals surface area contributed by atoms with Crippen LogP contribution in [0.15, 0.2) is 60.7 Å². The first-order valence-electron chi connectivity index (χ1n) is 11.8. The van der Waals surface area contributed by atoms with Crippen molar-refractivity contribution in [2.45, 2.75) is 32.0 Å². The fraction of sp³-hybridized carbons (Fsp3) is 0.241. The maximum absolute atomic E-state index is 14.9. The van der Waals surface area contributed by atoms with Gasteiger partial charge in [0.15, 0.2) is 6.30 Å². The number of hydrogen-bond acceptors (Lipinski definition) is 2. The molecule has 9 heteroatoms. The second kappa shape index (κ2) is 12.3. The molecule has 1 aliphatic rings. The Morgan fingerprint density at radius 3 is 2.53 bits per heavy atom. The summed E-state index contributed by atoms with van der Waals surface area (Å²) in [6, 6.07) is 19.2. The molecule has 0 aliphatic carbocycles. The van der Waals surface area contributed by atoms with E-state index in [1.54, 1.807) is 33.7 Å². The Kier molecular flexibility index (Phi) is 9.53. The van der Waals surface area contributed by atoms with Crippen molar-refractivity contribution < 1.29 is 32.4 Å². The Bertz CT molecular complexity index is 1460. The molecule has 1 atom stereocenters. The molecule has 1 saturated heterocycles. The molecule has 5 rings (SSSR count). The zero-order valence-corrected chi connectivity index (χ0v) is 22.3. The summed E-state index contributed by atoms with van der Waals surface area (Å²) in [6.45, 7) is 2.28. The zero-order valence-electron chi connectivity index (χ0n) is 21.6. The van der Waals surface area contributed by atoms with Gasteiger partial charge in [-0.1, -0.05) is 41.4 Å². The molecule has 3 aromatic carbocycles. The summed E-state index contributed by atoms with van der Waals surface area (Å²) in [5.74, 6) is -0.516. The van der Waals surface area contributed by atoms with E-state index in [9.17, 15) is 19.0 Å². The molecule has 0 radical (unpaired) electrons. The van der Waals surface area contributed by atoms with Crippen LogP contribution in [0, 0.1) is 19.3 Å².